The molecule has 1 heterocycles. The summed E-state index contributed by atoms with van der Waals surface area (Å²) < 4.78 is 51.6. The molecule has 146 valence electrons. The number of hydrogen-bond donors (Lipinski definition) is 0. The van der Waals surface area contributed by atoms with Crippen molar-refractivity contribution in [3.05, 3.63) is 33.4 Å². The van der Waals surface area contributed by atoms with Crippen LogP contribution in [-0.4, -0.2) is 50.2 Å². The minimum Gasteiger partial charge on any atom is -0.258 e. The van der Waals surface area contributed by atoms with Crippen molar-refractivity contribution in [3.63, 3.8) is 0 Å². The van der Waals surface area contributed by atoms with E-state index in [2.05, 4.69) is 0 Å². The van der Waals surface area contributed by atoms with Crippen LogP contribution in [0.1, 0.15) is 31.4 Å². The van der Waals surface area contributed by atoms with Gasteiger partial charge in [0, 0.05) is 24.7 Å². The Labute approximate surface area is 154 Å². The van der Waals surface area contributed by atoms with Gasteiger partial charge in [0.15, 0.2) is 9.84 Å². The highest BCUT2D eigenvalue weighted by molar-refractivity contribution is 7.92. The fourth-order valence-electron chi connectivity index (χ4n) is 3.11. The van der Waals surface area contributed by atoms with Gasteiger partial charge in [0.25, 0.3) is 5.69 Å². The number of hydrogen-bond acceptors (Lipinski definition) is 6. The minimum atomic E-state index is -4.07. The smallest absolute Gasteiger partial charge is 0.258 e. The molecular weight excluding hydrogens is 380 g/mol. The number of rotatable bonds is 6. The molecule has 1 aliphatic heterocycles. The van der Waals surface area contributed by atoms with Crippen molar-refractivity contribution < 1.29 is 21.8 Å². The van der Waals surface area contributed by atoms with Crippen LogP contribution in [0.15, 0.2) is 17.0 Å². The number of nitro groups is 1. The van der Waals surface area contributed by atoms with Crippen molar-refractivity contribution in [2.45, 2.75) is 45.1 Å². The van der Waals surface area contributed by atoms with Crippen molar-refractivity contribution in [1.82, 2.24) is 4.31 Å². The van der Waals surface area contributed by atoms with Crippen molar-refractivity contribution >= 4 is 25.5 Å². The molecule has 0 aliphatic carbocycles. The van der Waals surface area contributed by atoms with Crippen LogP contribution in [0.4, 0.5) is 5.69 Å². The summed E-state index contributed by atoms with van der Waals surface area (Å²) in [5, 5.41) is 11.2. The molecule has 8 nitrogen and oxygen atoms in total. The van der Waals surface area contributed by atoms with E-state index in [0.717, 1.165) is 6.07 Å². The van der Waals surface area contributed by atoms with E-state index < -0.39 is 30.8 Å². The Kier molecular flexibility index (Phi) is 5.79. The maximum Gasteiger partial charge on any atom is 0.271 e. The molecule has 1 aromatic rings. The molecule has 0 radical (unpaired) electrons. The fraction of sp³-hybridized carbons (Fsp3) is 0.625. The number of sulfonamides is 1. The Morgan fingerprint density at radius 3 is 2.38 bits per heavy atom. The van der Waals surface area contributed by atoms with Crippen molar-refractivity contribution in [1.29, 1.82) is 0 Å². The molecule has 26 heavy (non-hydrogen) atoms. The minimum absolute atomic E-state index is 0.0202. The Balaban J connectivity index is 2.59. The number of sulfone groups is 1. The molecule has 0 bridgehead atoms. The quantitative estimate of drug-likeness (QED) is 0.529. The summed E-state index contributed by atoms with van der Waals surface area (Å²) >= 11 is 0. The number of non-ortho nitro benzene ring substituents is 1. The highest BCUT2D eigenvalue weighted by Gasteiger charge is 2.40. The monoisotopic (exact) mass is 404 g/mol. The van der Waals surface area contributed by atoms with Gasteiger partial charge in [-0.25, -0.2) is 16.8 Å². The van der Waals surface area contributed by atoms with Crippen LogP contribution in [0.25, 0.3) is 0 Å². The van der Waals surface area contributed by atoms with Gasteiger partial charge in [-0.15, -0.1) is 0 Å². The lowest BCUT2D eigenvalue weighted by atomic mass is 10.1. The maximum absolute atomic E-state index is 13.3. The van der Waals surface area contributed by atoms with Crippen molar-refractivity contribution in [2.75, 3.05) is 18.1 Å². The molecule has 0 amide bonds. The summed E-state index contributed by atoms with van der Waals surface area (Å²) in [6, 6.07) is 1.75. The van der Waals surface area contributed by atoms with Gasteiger partial charge in [-0.2, -0.15) is 4.31 Å². The van der Waals surface area contributed by atoms with E-state index in [0.29, 0.717) is 11.1 Å². The van der Waals surface area contributed by atoms with Gasteiger partial charge in [-0.1, -0.05) is 13.8 Å². The van der Waals surface area contributed by atoms with Gasteiger partial charge < -0.3 is 0 Å². The van der Waals surface area contributed by atoms with Gasteiger partial charge in [-0.3, -0.25) is 10.1 Å². The maximum atomic E-state index is 13.3. The summed E-state index contributed by atoms with van der Waals surface area (Å²) in [7, 11) is -7.35. The lowest BCUT2D eigenvalue weighted by Gasteiger charge is -2.29. The summed E-state index contributed by atoms with van der Waals surface area (Å²) in [4.78, 5) is 10.4. The molecule has 1 unspecified atom stereocenters. The molecule has 0 saturated carbocycles. The van der Waals surface area contributed by atoms with Crippen LogP contribution in [-0.2, 0) is 19.9 Å². The third-order valence-corrected chi connectivity index (χ3v) is 8.36. The highest BCUT2D eigenvalue weighted by atomic mass is 32.2. The molecule has 1 aliphatic rings. The standard InChI is InChI=1S/C16H24N2O6S2/c1-11(2)9-17(14-5-6-25(21,22)10-14)26(23,24)16-8-15(18(19)20)7-12(3)13(16)4/h7-8,11,14H,5-6,9-10H2,1-4H3. The predicted molar refractivity (Wildman–Crippen MR) is 98.4 cm³/mol. The van der Waals surface area contributed by atoms with E-state index in [1.165, 1.54) is 10.4 Å². The first-order chi connectivity index (χ1) is 11.8. The van der Waals surface area contributed by atoms with E-state index in [4.69, 9.17) is 0 Å². The second-order valence-electron chi connectivity index (χ2n) is 7.17. The molecule has 1 saturated heterocycles. The summed E-state index contributed by atoms with van der Waals surface area (Å²) in [6.45, 7) is 7.07. The first-order valence-electron chi connectivity index (χ1n) is 8.33. The SMILES string of the molecule is Cc1cc([N+](=O)[O-])cc(S(=O)(=O)N(CC(C)C)C2CCS(=O)(=O)C2)c1C. The zero-order valence-corrected chi connectivity index (χ0v) is 16.9. The van der Waals surface area contributed by atoms with Crippen molar-refractivity contribution in [2.24, 2.45) is 5.92 Å². The lowest BCUT2D eigenvalue weighted by molar-refractivity contribution is -0.385. The largest absolute Gasteiger partial charge is 0.271 e. The molecule has 2 rings (SSSR count). The zero-order valence-electron chi connectivity index (χ0n) is 15.3. The molecule has 1 aromatic carbocycles. The van der Waals surface area contributed by atoms with Crippen LogP contribution < -0.4 is 0 Å². The van der Waals surface area contributed by atoms with Crippen LogP contribution >= 0.6 is 0 Å². The van der Waals surface area contributed by atoms with Gasteiger partial charge in [0.1, 0.15) is 0 Å². The molecule has 0 N–H and O–H groups in total. The van der Waals surface area contributed by atoms with Crippen LogP contribution in [0.2, 0.25) is 0 Å². The first kappa shape index (κ1) is 20.8. The number of aryl methyl sites for hydroxylation is 1. The topological polar surface area (TPSA) is 115 Å². The number of nitro benzene ring substituents is 1. The summed E-state index contributed by atoms with van der Waals surface area (Å²) in [6.07, 6.45) is 0.237. The van der Waals surface area contributed by atoms with E-state index in [-0.39, 0.29) is 41.0 Å². The third-order valence-electron chi connectivity index (χ3n) is 4.56. The van der Waals surface area contributed by atoms with Gasteiger partial charge >= 0.3 is 0 Å². The average Bonchev–Trinajstić information content (AvgIpc) is 2.86. The van der Waals surface area contributed by atoms with E-state index >= 15 is 0 Å². The second-order valence-corrected chi connectivity index (χ2v) is 11.3. The molecule has 0 spiro atoms. The highest BCUT2D eigenvalue weighted by Crippen LogP contribution is 2.31. The second kappa shape index (κ2) is 7.24. The van der Waals surface area contributed by atoms with Crippen molar-refractivity contribution in [3.8, 4) is 0 Å². The van der Waals surface area contributed by atoms with Crippen LogP contribution in [0.3, 0.4) is 0 Å². The zero-order chi connectivity index (χ0) is 19.9. The Morgan fingerprint density at radius 2 is 1.92 bits per heavy atom. The molecular formula is C16H24N2O6S2. The van der Waals surface area contributed by atoms with E-state index in [1.807, 2.05) is 13.8 Å². The third kappa shape index (κ3) is 4.24. The van der Waals surface area contributed by atoms with Gasteiger partial charge in [0.05, 0.1) is 21.3 Å². The summed E-state index contributed by atoms with van der Waals surface area (Å²) in [5.74, 6) is -0.283. The molecule has 10 heteroatoms. The normalized spacial score (nSPS) is 20.0. The molecule has 1 atom stereocenters. The van der Waals surface area contributed by atoms with Gasteiger partial charge in [-0.05, 0) is 37.3 Å². The first-order valence-corrected chi connectivity index (χ1v) is 11.6. The molecule has 0 aromatic heterocycles. The van der Waals surface area contributed by atoms with Crippen LogP contribution in [0.5, 0.6) is 0 Å². The predicted octanol–water partition coefficient (Wildman–Crippen LogP) is 2.05. The van der Waals surface area contributed by atoms with Crippen LogP contribution in [0, 0.1) is 29.9 Å². The Morgan fingerprint density at radius 1 is 1.31 bits per heavy atom. The van der Waals surface area contributed by atoms with Gasteiger partial charge in [0.2, 0.25) is 10.0 Å². The Bertz CT molecular complexity index is 922. The number of benzene rings is 1. The molecule has 1 fully saturated rings. The Hall–Kier alpha value is -1.52. The number of nitrogens with zero attached hydrogens (tertiary/aromatic N) is 2. The van der Waals surface area contributed by atoms with E-state index in [1.54, 1.807) is 13.8 Å². The average molecular weight is 405 g/mol. The van der Waals surface area contributed by atoms with E-state index in [9.17, 15) is 26.9 Å². The summed E-state index contributed by atoms with van der Waals surface area (Å²) in [5.41, 5.74) is 0.641. The lowest BCUT2D eigenvalue weighted by Crippen LogP contribution is -2.43. The fourth-order valence-corrected chi connectivity index (χ4v) is 7.08.